The van der Waals surface area contributed by atoms with Crippen LogP contribution in [-0.2, 0) is 32.2 Å². The largest absolute Gasteiger partial charge is 0.478 e. The summed E-state index contributed by atoms with van der Waals surface area (Å²) in [6.07, 6.45) is 0. The van der Waals surface area contributed by atoms with Gasteiger partial charge >= 0.3 is 35.8 Å². The molecule has 0 saturated heterocycles. The highest BCUT2D eigenvalue weighted by atomic mass is 16.5. The number of hydrogen-bond acceptors (Lipinski definition) is 11. The van der Waals surface area contributed by atoms with Crippen LogP contribution in [0.4, 0.5) is 0 Å². The summed E-state index contributed by atoms with van der Waals surface area (Å²) in [5.74, 6) is -5.89. The van der Waals surface area contributed by atoms with Crippen LogP contribution < -0.4 is 4.74 Å². The third-order valence-electron chi connectivity index (χ3n) is 6.61. The summed E-state index contributed by atoms with van der Waals surface area (Å²) in [6, 6.07) is 19.2. The molecule has 13 heteroatoms. The Bertz CT molecular complexity index is 1840. The van der Waals surface area contributed by atoms with Crippen molar-refractivity contribution >= 4 is 35.8 Å². The minimum absolute atomic E-state index is 0.0218. The molecule has 4 aromatic rings. The zero-order chi connectivity index (χ0) is 34.1. The maximum atomic E-state index is 12.9. The summed E-state index contributed by atoms with van der Waals surface area (Å²) in [7, 11) is 2.49. The van der Waals surface area contributed by atoms with E-state index in [4.69, 9.17) is 14.2 Å². The number of carboxylic acid groups (broad SMARTS) is 2. The van der Waals surface area contributed by atoms with Crippen LogP contribution >= 0.6 is 0 Å². The summed E-state index contributed by atoms with van der Waals surface area (Å²) in [6.45, 7) is -0.437. The smallest absolute Gasteiger partial charge is 0.339 e. The maximum Gasteiger partial charge on any atom is 0.339 e. The van der Waals surface area contributed by atoms with E-state index in [1.54, 1.807) is 24.3 Å². The fraction of sp³-hybridized carbons (Fsp3) is 0.118. The first-order chi connectivity index (χ1) is 22.5. The molecule has 240 valence electrons. The molecule has 0 heterocycles. The van der Waals surface area contributed by atoms with Gasteiger partial charge in [-0.2, -0.15) is 0 Å². The van der Waals surface area contributed by atoms with Crippen molar-refractivity contribution in [2.45, 2.75) is 13.2 Å². The minimum Gasteiger partial charge on any atom is -0.478 e. The van der Waals surface area contributed by atoms with Crippen molar-refractivity contribution in [3.63, 3.8) is 0 Å². The van der Waals surface area contributed by atoms with Crippen molar-refractivity contribution < 1.29 is 62.7 Å². The lowest BCUT2D eigenvalue weighted by Crippen LogP contribution is -2.13. The fourth-order valence-electron chi connectivity index (χ4n) is 4.18. The van der Waals surface area contributed by atoms with E-state index in [1.807, 2.05) is 0 Å². The number of aromatic carboxylic acids is 2. The van der Waals surface area contributed by atoms with Gasteiger partial charge in [0, 0.05) is 0 Å². The summed E-state index contributed by atoms with van der Waals surface area (Å²) in [4.78, 5) is 72.6. The van der Waals surface area contributed by atoms with E-state index in [9.17, 15) is 39.0 Å². The van der Waals surface area contributed by atoms with Gasteiger partial charge in [-0.3, -0.25) is 0 Å². The number of carbonyl (C=O) groups excluding carboxylic acids is 4. The molecule has 4 rings (SSSR count). The van der Waals surface area contributed by atoms with Crippen molar-refractivity contribution in [2.75, 3.05) is 14.2 Å². The summed E-state index contributed by atoms with van der Waals surface area (Å²) < 4.78 is 25.5. The molecular weight excluding hydrogens is 616 g/mol. The SMILES string of the molecule is COC(=O)c1ccc(COC(=O)c2ccc(Oc3ccc(C(=O)O)c(C(=O)OCc4ccc(C(=O)OC)cc4)c3)cc2C(=O)O)cc1. The van der Waals surface area contributed by atoms with Crippen LogP contribution in [0, 0.1) is 0 Å². The summed E-state index contributed by atoms with van der Waals surface area (Å²) >= 11 is 0. The molecule has 0 aromatic heterocycles. The van der Waals surface area contributed by atoms with Crippen LogP contribution in [0.2, 0.25) is 0 Å². The van der Waals surface area contributed by atoms with E-state index in [0.717, 1.165) is 18.2 Å². The molecule has 0 aliphatic carbocycles. The average Bonchev–Trinajstić information content (AvgIpc) is 3.09. The molecule has 0 fully saturated rings. The Morgan fingerprint density at radius 2 is 0.894 bits per heavy atom. The van der Waals surface area contributed by atoms with Crippen LogP contribution in [0.1, 0.15) is 73.3 Å². The third kappa shape index (κ3) is 8.36. The van der Waals surface area contributed by atoms with E-state index in [-0.39, 0.29) is 41.4 Å². The molecule has 13 nitrogen and oxygen atoms in total. The van der Waals surface area contributed by atoms with Gasteiger partial charge in [-0.25, -0.2) is 28.8 Å². The third-order valence-corrected chi connectivity index (χ3v) is 6.61. The molecule has 0 amide bonds. The first-order valence-electron chi connectivity index (χ1n) is 13.6. The Morgan fingerprint density at radius 1 is 0.489 bits per heavy atom. The quantitative estimate of drug-likeness (QED) is 0.152. The second kappa shape index (κ2) is 15.0. The van der Waals surface area contributed by atoms with Crippen LogP contribution in [-0.4, -0.2) is 60.2 Å². The van der Waals surface area contributed by atoms with Crippen LogP contribution in [0.15, 0.2) is 84.9 Å². The molecule has 0 atom stereocenters. The Morgan fingerprint density at radius 3 is 1.32 bits per heavy atom. The van der Waals surface area contributed by atoms with Gasteiger partial charge in [0.1, 0.15) is 24.7 Å². The lowest BCUT2D eigenvalue weighted by Gasteiger charge is -2.12. The second-order valence-electron chi connectivity index (χ2n) is 9.66. The van der Waals surface area contributed by atoms with Crippen molar-refractivity contribution in [3.05, 3.63) is 129 Å². The molecular formula is C34H26O13. The van der Waals surface area contributed by atoms with Crippen LogP contribution in [0.3, 0.4) is 0 Å². The molecule has 47 heavy (non-hydrogen) atoms. The molecule has 0 aliphatic heterocycles. The van der Waals surface area contributed by atoms with Crippen molar-refractivity contribution in [2.24, 2.45) is 0 Å². The van der Waals surface area contributed by atoms with Gasteiger partial charge < -0.3 is 33.9 Å². The average molecular weight is 643 g/mol. The zero-order valence-corrected chi connectivity index (χ0v) is 24.9. The molecule has 0 unspecified atom stereocenters. The van der Waals surface area contributed by atoms with E-state index in [1.165, 1.54) is 56.7 Å². The van der Waals surface area contributed by atoms with Gasteiger partial charge in [-0.1, -0.05) is 24.3 Å². The van der Waals surface area contributed by atoms with Gasteiger partial charge in [0.05, 0.1) is 47.6 Å². The number of esters is 4. The van der Waals surface area contributed by atoms with Crippen molar-refractivity contribution in [1.82, 2.24) is 0 Å². The Kier molecular flexibility index (Phi) is 10.6. The van der Waals surface area contributed by atoms with E-state index in [0.29, 0.717) is 22.3 Å². The zero-order valence-electron chi connectivity index (χ0n) is 24.9. The Hall–Kier alpha value is -6.50. The normalized spacial score (nSPS) is 10.3. The highest BCUT2D eigenvalue weighted by Crippen LogP contribution is 2.28. The molecule has 0 radical (unpaired) electrons. The van der Waals surface area contributed by atoms with E-state index >= 15 is 0 Å². The number of rotatable bonds is 12. The van der Waals surface area contributed by atoms with Gasteiger partial charge in [0.15, 0.2) is 0 Å². The topological polar surface area (TPSA) is 189 Å². The van der Waals surface area contributed by atoms with Gasteiger partial charge in [-0.05, 0) is 71.8 Å². The molecule has 2 N–H and O–H groups in total. The number of carboxylic acids is 2. The number of methoxy groups -OCH3 is 2. The minimum atomic E-state index is -1.45. The maximum absolute atomic E-state index is 12.9. The van der Waals surface area contributed by atoms with E-state index in [2.05, 4.69) is 9.47 Å². The number of ether oxygens (including phenoxy) is 5. The van der Waals surface area contributed by atoms with Crippen LogP contribution in [0.5, 0.6) is 11.5 Å². The van der Waals surface area contributed by atoms with E-state index < -0.39 is 41.4 Å². The summed E-state index contributed by atoms with van der Waals surface area (Å²) in [5.41, 5.74) is 0.254. The molecule has 0 spiro atoms. The first kappa shape index (κ1) is 33.4. The van der Waals surface area contributed by atoms with Gasteiger partial charge in [-0.15, -0.1) is 0 Å². The number of carbonyl (C=O) groups is 6. The van der Waals surface area contributed by atoms with Crippen LogP contribution in [0.25, 0.3) is 0 Å². The lowest BCUT2D eigenvalue weighted by molar-refractivity contribution is 0.0457. The van der Waals surface area contributed by atoms with Gasteiger partial charge in [0.25, 0.3) is 0 Å². The number of benzene rings is 4. The predicted octanol–water partition coefficient (Wildman–Crippen LogP) is 5.16. The fourth-order valence-corrected chi connectivity index (χ4v) is 4.18. The Labute approximate surface area is 266 Å². The Balaban J connectivity index is 1.47. The molecule has 0 bridgehead atoms. The molecule has 0 aliphatic rings. The highest BCUT2D eigenvalue weighted by molar-refractivity contribution is 6.03. The monoisotopic (exact) mass is 642 g/mol. The highest BCUT2D eigenvalue weighted by Gasteiger charge is 2.22. The summed E-state index contributed by atoms with van der Waals surface area (Å²) in [5, 5.41) is 19.4. The van der Waals surface area contributed by atoms with Crippen molar-refractivity contribution in [1.29, 1.82) is 0 Å². The first-order valence-corrected chi connectivity index (χ1v) is 13.6. The van der Waals surface area contributed by atoms with Gasteiger partial charge in [0.2, 0.25) is 0 Å². The molecule has 0 saturated carbocycles. The molecule has 4 aromatic carbocycles. The predicted molar refractivity (Wildman–Crippen MR) is 161 cm³/mol. The van der Waals surface area contributed by atoms with Crippen molar-refractivity contribution in [3.8, 4) is 11.5 Å². The lowest BCUT2D eigenvalue weighted by atomic mass is 10.1. The standard InChI is InChI=1S/C34H26O13/c1-43-31(39)21-7-3-19(4-8-21)17-45-33(41)26-14-12-23(15-27(26)30(37)38)47-24-11-13-25(29(35)36)28(16-24)34(42)46-18-20-5-9-22(10-6-20)32(40)44-2/h3-16H,17-18H2,1-2H3,(H,35,36)(H,37,38). The second-order valence-corrected chi connectivity index (χ2v) is 9.66. The number of hydrogen-bond donors (Lipinski definition) is 2.